The fraction of sp³-hybridized carbons (Fsp3) is 0.800. The fourth-order valence-corrected chi connectivity index (χ4v) is 5.60. The Balaban J connectivity index is 2.34. The van der Waals surface area contributed by atoms with Crippen LogP contribution in [0.15, 0.2) is 12.2 Å². The summed E-state index contributed by atoms with van der Waals surface area (Å²) < 4.78 is 6.92. The van der Waals surface area contributed by atoms with Gasteiger partial charge in [-0.2, -0.15) is 0 Å². The minimum absolute atomic E-state index is 0.158. The van der Waals surface area contributed by atoms with Gasteiger partial charge < -0.3 is 4.43 Å². The summed E-state index contributed by atoms with van der Waals surface area (Å²) in [5.74, 6) is 2.97. The Hall–Kier alpha value is -0.523. The molecule has 22 heavy (non-hydrogen) atoms. The molecule has 0 radical (unpaired) electrons. The second kappa shape index (κ2) is 5.84. The van der Waals surface area contributed by atoms with Crippen molar-refractivity contribution in [3.05, 3.63) is 12.2 Å². The first kappa shape index (κ1) is 17.8. The Kier molecular flexibility index (Phi) is 4.73. The third kappa shape index (κ3) is 2.83. The zero-order chi connectivity index (χ0) is 16.6. The SMILES string of the molecule is C#CC[C@@]12C=CCC[C@]1(C)[C@@H](O[Si](C)(C)C(C)(C)C)CCC2. The maximum absolute atomic E-state index is 6.92. The van der Waals surface area contributed by atoms with Crippen LogP contribution in [-0.4, -0.2) is 14.4 Å². The molecule has 0 saturated heterocycles. The summed E-state index contributed by atoms with van der Waals surface area (Å²) in [5.41, 5.74) is 0.354. The van der Waals surface area contributed by atoms with Gasteiger partial charge in [-0.3, -0.25) is 0 Å². The van der Waals surface area contributed by atoms with Crippen molar-refractivity contribution in [3.8, 4) is 12.3 Å². The summed E-state index contributed by atoms with van der Waals surface area (Å²) in [6.45, 7) is 14.2. The van der Waals surface area contributed by atoms with Crippen LogP contribution in [0.3, 0.4) is 0 Å². The molecule has 2 rings (SSSR count). The molecule has 1 saturated carbocycles. The largest absolute Gasteiger partial charge is 0.413 e. The average molecular weight is 319 g/mol. The predicted octanol–water partition coefficient (Wildman–Crippen LogP) is 5.93. The van der Waals surface area contributed by atoms with E-state index in [9.17, 15) is 0 Å². The van der Waals surface area contributed by atoms with E-state index in [1.54, 1.807) is 0 Å². The fourth-order valence-electron chi connectivity index (χ4n) is 4.16. The molecule has 124 valence electrons. The van der Waals surface area contributed by atoms with Crippen LogP contribution in [0, 0.1) is 23.2 Å². The van der Waals surface area contributed by atoms with Crippen LogP contribution in [0.4, 0.5) is 0 Å². The molecular formula is C20H34OSi. The third-order valence-corrected chi connectivity index (χ3v) is 11.4. The number of allylic oxidation sites excluding steroid dienone is 2. The minimum Gasteiger partial charge on any atom is -0.413 e. The van der Waals surface area contributed by atoms with Crippen LogP contribution in [-0.2, 0) is 4.43 Å². The lowest BCUT2D eigenvalue weighted by atomic mass is 9.51. The number of hydrogen-bond acceptors (Lipinski definition) is 1. The molecule has 1 fully saturated rings. The zero-order valence-corrected chi connectivity index (χ0v) is 16.5. The molecule has 0 aromatic rings. The molecule has 2 aliphatic carbocycles. The first-order valence-electron chi connectivity index (χ1n) is 8.87. The number of rotatable bonds is 3. The summed E-state index contributed by atoms with van der Waals surface area (Å²) >= 11 is 0. The average Bonchev–Trinajstić information content (AvgIpc) is 2.39. The van der Waals surface area contributed by atoms with Crippen molar-refractivity contribution in [1.82, 2.24) is 0 Å². The first-order chi connectivity index (χ1) is 10.1. The van der Waals surface area contributed by atoms with Gasteiger partial charge in [-0.1, -0.05) is 39.8 Å². The molecule has 1 nitrogen and oxygen atoms in total. The molecular weight excluding hydrogens is 284 g/mol. The molecule has 0 heterocycles. The summed E-state index contributed by atoms with van der Waals surface area (Å²) in [5, 5.41) is 0.264. The summed E-state index contributed by atoms with van der Waals surface area (Å²) in [7, 11) is -1.75. The van der Waals surface area contributed by atoms with Crippen molar-refractivity contribution in [1.29, 1.82) is 0 Å². The highest BCUT2D eigenvalue weighted by Crippen LogP contribution is 2.59. The van der Waals surface area contributed by atoms with Gasteiger partial charge >= 0.3 is 0 Å². The van der Waals surface area contributed by atoms with Crippen molar-refractivity contribution in [2.75, 3.05) is 0 Å². The highest BCUT2D eigenvalue weighted by Gasteiger charge is 2.55. The molecule has 0 aromatic heterocycles. The van der Waals surface area contributed by atoms with E-state index in [-0.39, 0.29) is 15.9 Å². The molecule has 0 aromatic carbocycles. The van der Waals surface area contributed by atoms with Gasteiger partial charge in [0.1, 0.15) is 0 Å². The zero-order valence-electron chi connectivity index (χ0n) is 15.5. The molecule has 2 heteroatoms. The standard InChI is InChI=1S/C20H34OSi/c1-8-13-20-15-10-9-14-19(20,5)17(12-11-16-20)21-22(6,7)18(2,3)4/h1,10,15,17H,9,11-14,16H2,2-7H3/t17-,19+,20-/m0/s1. The van der Waals surface area contributed by atoms with Gasteiger partial charge in [0, 0.05) is 17.3 Å². The van der Waals surface area contributed by atoms with E-state index >= 15 is 0 Å². The lowest BCUT2D eigenvalue weighted by molar-refractivity contribution is -0.0788. The normalized spacial score (nSPS) is 35.8. The number of terminal acetylenes is 1. The molecule has 0 amide bonds. The number of hydrogen-bond donors (Lipinski definition) is 0. The van der Waals surface area contributed by atoms with Crippen LogP contribution in [0.1, 0.15) is 66.2 Å². The lowest BCUT2D eigenvalue weighted by Gasteiger charge is -2.58. The van der Waals surface area contributed by atoms with Crippen molar-refractivity contribution in [2.45, 2.75) is 90.5 Å². The monoisotopic (exact) mass is 318 g/mol. The molecule has 0 N–H and O–H groups in total. The summed E-state index contributed by atoms with van der Waals surface area (Å²) in [6, 6.07) is 0. The second-order valence-electron chi connectivity index (χ2n) is 9.15. The van der Waals surface area contributed by atoms with Crippen molar-refractivity contribution >= 4 is 8.32 Å². The molecule has 2 aliphatic rings. The van der Waals surface area contributed by atoms with E-state index in [2.05, 4.69) is 58.9 Å². The number of fused-ring (bicyclic) bond motifs is 1. The van der Waals surface area contributed by atoms with Gasteiger partial charge in [-0.15, -0.1) is 12.3 Å². The Bertz CT molecular complexity index is 479. The van der Waals surface area contributed by atoms with Crippen LogP contribution in [0.25, 0.3) is 0 Å². The molecule has 0 spiro atoms. The highest BCUT2D eigenvalue weighted by atomic mass is 28.4. The lowest BCUT2D eigenvalue weighted by Crippen LogP contribution is -2.56. The first-order valence-corrected chi connectivity index (χ1v) is 11.8. The minimum atomic E-state index is -1.75. The van der Waals surface area contributed by atoms with Gasteiger partial charge in [0.25, 0.3) is 0 Å². The van der Waals surface area contributed by atoms with E-state index in [1.807, 2.05) is 0 Å². The second-order valence-corrected chi connectivity index (χ2v) is 13.9. The third-order valence-electron chi connectivity index (χ3n) is 6.87. The van der Waals surface area contributed by atoms with Crippen molar-refractivity contribution in [2.24, 2.45) is 10.8 Å². The highest BCUT2D eigenvalue weighted by molar-refractivity contribution is 6.74. The quantitative estimate of drug-likeness (QED) is 0.356. The maximum atomic E-state index is 6.92. The van der Waals surface area contributed by atoms with Crippen molar-refractivity contribution in [3.63, 3.8) is 0 Å². The summed E-state index contributed by atoms with van der Waals surface area (Å²) in [4.78, 5) is 0. The van der Waals surface area contributed by atoms with Gasteiger partial charge in [0.2, 0.25) is 0 Å². The Morgan fingerprint density at radius 1 is 1.32 bits per heavy atom. The summed E-state index contributed by atoms with van der Waals surface area (Å²) in [6.07, 6.45) is 17.8. The van der Waals surface area contributed by atoms with E-state index in [0.717, 1.165) is 6.42 Å². The molecule has 3 atom stereocenters. The van der Waals surface area contributed by atoms with Crippen LogP contribution >= 0.6 is 0 Å². The Morgan fingerprint density at radius 3 is 2.59 bits per heavy atom. The predicted molar refractivity (Wildman–Crippen MR) is 98.3 cm³/mol. The van der Waals surface area contributed by atoms with E-state index in [4.69, 9.17) is 10.8 Å². The van der Waals surface area contributed by atoms with E-state index in [0.29, 0.717) is 6.10 Å². The molecule has 0 aliphatic heterocycles. The van der Waals surface area contributed by atoms with Gasteiger partial charge in [0.05, 0.1) is 6.10 Å². The van der Waals surface area contributed by atoms with Gasteiger partial charge in [0.15, 0.2) is 8.32 Å². The Labute approximate surface area is 139 Å². The van der Waals surface area contributed by atoms with Crippen LogP contribution in [0.5, 0.6) is 0 Å². The maximum Gasteiger partial charge on any atom is 0.192 e. The topological polar surface area (TPSA) is 9.23 Å². The smallest absolute Gasteiger partial charge is 0.192 e. The van der Waals surface area contributed by atoms with Crippen LogP contribution < -0.4 is 0 Å². The van der Waals surface area contributed by atoms with Gasteiger partial charge in [-0.25, -0.2) is 0 Å². The van der Waals surface area contributed by atoms with E-state index in [1.165, 1.54) is 32.1 Å². The molecule has 0 bridgehead atoms. The van der Waals surface area contributed by atoms with Crippen molar-refractivity contribution < 1.29 is 4.43 Å². The Morgan fingerprint density at radius 2 is 2.00 bits per heavy atom. The molecule has 0 unspecified atom stereocenters. The van der Waals surface area contributed by atoms with E-state index < -0.39 is 8.32 Å². The van der Waals surface area contributed by atoms with Crippen LogP contribution in [0.2, 0.25) is 18.1 Å². The van der Waals surface area contributed by atoms with Gasteiger partial charge in [-0.05, 0) is 50.2 Å².